The van der Waals surface area contributed by atoms with Gasteiger partial charge in [-0.05, 0) is 124 Å². The summed E-state index contributed by atoms with van der Waals surface area (Å²) in [6, 6.07) is 66.4. The zero-order valence-electron chi connectivity index (χ0n) is 27.7. The number of fused-ring (bicyclic) bond motifs is 4. The van der Waals surface area contributed by atoms with Crippen molar-refractivity contribution < 1.29 is 4.42 Å². The predicted octanol–water partition coefficient (Wildman–Crippen LogP) is 14.3. The summed E-state index contributed by atoms with van der Waals surface area (Å²) in [5, 5.41) is 12.6. The average molecular weight is 647 g/mol. The Kier molecular flexibility index (Phi) is 6.02. The Hall–Kier alpha value is -6.70. The highest BCUT2D eigenvalue weighted by Crippen LogP contribution is 2.41. The summed E-state index contributed by atoms with van der Waals surface area (Å²) in [5.41, 5.74) is 11.5. The van der Waals surface area contributed by atoms with Crippen LogP contribution in [0.2, 0.25) is 0 Å². The first-order valence-electron chi connectivity index (χ1n) is 17.6. The molecule has 1 aromatic heterocycles. The highest BCUT2D eigenvalue weighted by molar-refractivity contribution is 6.24. The van der Waals surface area contributed by atoms with Crippen molar-refractivity contribution in [3.63, 3.8) is 0 Å². The summed E-state index contributed by atoms with van der Waals surface area (Å²) >= 11 is 0. The van der Waals surface area contributed by atoms with Gasteiger partial charge in [-0.25, -0.2) is 0 Å². The fourth-order valence-electron chi connectivity index (χ4n) is 8.22. The highest BCUT2D eigenvalue weighted by Gasteiger charge is 2.15. The molecule has 10 aromatic carbocycles. The highest BCUT2D eigenvalue weighted by atomic mass is 16.3. The maximum atomic E-state index is 6.33. The first-order valence-corrected chi connectivity index (χ1v) is 17.6. The van der Waals surface area contributed by atoms with Crippen LogP contribution < -0.4 is 0 Å². The van der Waals surface area contributed by atoms with Crippen LogP contribution in [-0.2, 0) is 0 Å². The van der Waals surface area contributed by atoms with Gasteiger partial charge >= 0.3 is 0 Å². The molecule has 1 heterocycles. The molecule has 0 amide bonds. The number of hydrogen-bond donors (Lipinski definition) is 0. The van der Waals surface area contributed by atoms with Crippen molar-refractivity contribution in [1.29, 1.82) is 0 Å². The lowest BCUT2D eigenvalue weighted by atomic mass is 9.89. The van der Waals surface area contributed by atoms with Crippen molar-refractivity contribution in [3.8, 4) is 44.5 Å². The molecule has 0 N–H and O–H groups in total. The third kappa shape index (κ3) is 4.49. The van der Waals surface area contributed by atoms with Gasteiger partial charge in [-0.2, -0.15) is 0 Å². The second-order valence-corrected chi connectivity index (χ2v) is 13.7. The molecule has 0 aliphatic heterocycles. The molecule has 0 spiro atoms. The molecule has 0 saturated heterocycles. The van der Waals surface area contributed by atoms with Crippen molar-refractivity contribution in [3.05, 3.63) is 182 Å². The monoisotopic (exact) mass is 646 g/mol. The molecule has 0 radical (unpaired) electrons. The van der Waals surface area contributed by atoms with Gasteiger partial charge in [0.05, 0.1) is 0 Å². The van der Waals surface area contributed by atoms with Crippen LogP contribution in [0, 0.1) is 0 Å². The van der Waals surface area contributed by atoms with Gasteiger partial charge in [0.2, 0.25) is 0 Å². The zero-order valence-corrected chi connectivity index (χ0v) is 27.7. The Morgan fingerprint density at radius 1 is 0.275 bits per heavy atom. The smallest absolute Gasteiger partial charge is 0.143 e. The zero-order chi connectivity index (χ0) is 33.5. The Morgan fingerprint density at radius 3 is 1.37 bits per heavy atom. The first kappa shape index (κ1) is 28.2. The molecule has 0 fully saturated rings. The van der Waals surface area contributed by atoms with E-state index in [0.717, 1.165) is 33.1 Å². The Morgan fingerprint density at radius 2 is 0.725 bits per heavy atom. The molecule has 1 nitrogen and oxygen atoms in total. The van der Waals surface area contributed by atoms with Crippen LogP contribution in [0.4, 0.5) is 0 Å². The van der Waals surface area contributed by atoms with Crippen molar-refractivity contribution in [1.82, 2.24) is 0 Å². The van der Waals surface area contributed by atoms with Crippen molar-refractivity contribution in [2.45, 2.75) is 0 Å². The topological polar surface area (TPSA) is 13.1 Å². The third-order valence-corrected chi connectivity index (χ3v) is 10.7. The molecule has 0 unspecified atom stereocenters. The van der Waals surface area contributed by atoms with Gasteiger partial charge < -0.3 is 4.42 Å². The molecule has 0 bridgehead atoms. The minimum absolute atomic E-state index is 0.924. The second-order valence-electron chi connectivity index (χ2n) is 13.7. The molecule has 11 rings (SSSR count). The number of hydrogen-bond acceptors (Lipinski definition) is 1. The van der Waals surface area contributed by atoms with E-state index in [1.165, 1.54) is 76.5 Å². The summed E-state index contributed by atoms with van der Waals surface area (Å²) in [6.07, 6.45) is 0. The average Bonchev–Trinajstić information content (AvgIpc) is 3.59. The fraction of sp³-hybridized carbons (Fsp3) is 0. The van der Waals surface area contributed by atoms with E-state index in [1.54, 1.807) is 0 Å². The van der Waals surface area contributed by atoms with Crippen LogP contribution >= 0.6 is 0 Å². The Bertz CT molecular complexity index is 3040. The molecule has 51 heavy (non-hydrogen) atoms. The third-order valence-electron chi connectivity index (χ3n) is 10.7. The minimum Gasteiger partial charge on any atom is -0.455 e. The first-order chi connectivity index (χ1) is 25.2. The van der Waals surface area contributed by atoms with E-state index in [2.05, 4.69) is 170 Å². The molecule has 0 aliphatic carbocycles. The maximum Gasteiger partial charge on any atom is 0.143 e. The minimum atomic E-state index is 0.924. The molecule has 0 atom stereocenters. The summed E-state index contributed by atoms with van der Waals surface area (Å²) < 4.78 is 6.33. The largest absolute Gasteiger partial charge is 0.455 e. The van der Waals surface area contributed by atoms with E-state index < -0.39 is 0 Å². The molecule has 1 heteroatoms. The fourth-order valence-corrected chi connectivity index (χ4v) is 8.22. The normalized spacial score (nSPS) is 11.9. The predicted molar refractivity (Wildman–Crippen MR) is 217 cm³/mol. The Balaban J connectivity index is 0.953. The van der Waals surface area contributed by atoms with Gasteiger partial charge in [-0.1, -0.05) is 140 Å². The lowest BCUT2D eigenvalue weighted by Crippen LogP contribution is -1.88. The molecule has 0 saturated carbocycles. The van der Waals surface area contributed by atoms with Gasteiger partial charge in [0, 0.05) is 16.3 Å². The lowest BCUT2D eigenvalue weighted by Gasteiger charge is -2.15. The molecule has 11 aromatic rings. The number of para-hydroxylation sites is 2. The van der Waals surface area contributed by atoms with Crippen LogP contribution in [0.15, 0.2) is 186 Å². The number of furan rings is 1. The van der Waals surface area contributed by atoms with E-state index in [-0.39, 0.29) is 0 Å². The van der Waals surface area contributed by atoms with Crippen molar-refractivity contribution in [2.24, 2.45) is 0 Å². The SMILES string of the molecule is c1ccc(-c2ccc3cc(-c4cc5ccc6cc(-c7ccc(-c8cccc9c8oc8ccccc89)cc7)cc7ccc(c4)c5c67)ccc3c2)cc1. The lowest BCUT2D eigenvalue weighted by molar-refractivity contribution is 0.670. The van der Waals surface area contributed by atoms with Gasteiger partial charge in [-0.3, -0.25) is 0 Å². The maximum absolute atomic E-state index is 6.33. The van der Waals surface area contributed by atoms with Crippen LogP contribution in [-0.4, -0.2) is 0 Å². The van der Waals surface area contributed by atoms with Crippen LogP contribution in [0.5, 0.6) is 0 Å². The van der Waals surface area contributed by atoms with Crippen molar-refractivity contribution >= 4 is 65.0 Å². The molecule has 0 aliphatic rings. The molecular formula is C50H30O. The summed E-state index contributed by atoms with van der Waals surface area (Å²) in [6.45, 7) is 0. The van der Waals surface area contributed by atoms with E-state index in [1.807, 2.05) is 12.1 Å². The van der Waals surface area contributed by atoms with Crippen LogP contribution in [0.3, 0.4) is 0 Å². The van der Waals surface area contributed by atoms with Gasteiger partial charge in [0.25, 0.3) is 0 Å². The molecular weight excluding hydrogens is 617 g/mol. The van der Waals surface area contributed by atoms with Gasteiger partial charge in [0.15, 0.2) is 0 Å². The summed E-state index contributed by atoms with van der Waals surface area (Å²) in [4.78, 5) is 0. The quantitative estimate of drug-likeness (QED) is 0.173. The van der Waals surface area contributed by atoms with Crippen molar-refractivity contribution in [2.75, 3.05) is 0 Å². The van der Waals surface area contributed by atoms with Crippen LogP contribution in [0.25, 0.3) is 110 Å². The van der Waals surface area contributed by atoms with E-state index in [9.17, 15) is 0 Å². The summed E-state index contributed by atoms with van der Waals surface area (Å²) in [7, 11) is 0. The standard InChI is InChI=1S/C50H30O/c1-2-7-31(8-3-1)34-17-18-36-26-37(20-19-35(36)25-34)43-29-40-23-21-38-27-42(28-39-22-24-41(30-43)49(40)48(38)39)32-13-15-33(16-14-32)44-10-6-11-46-45-9-4-5-12-47(45)51-50(44)46/h1-30H. The van der Waals surface area contributed by atoms with Gasteiger partial charge in [-0.15, -0.1) is 0 Å². The Labute approximate surface area is 295 Å². The second kappa shape index (κ2) is 10.9. The van der Waals surface area contributed by atoms with Crippen LogP contribution in [0.1, 0.15) is 0 Å². The number of benzene rings is 10. The van der Waals surface area contributed by atoms with E-state index >= 15 is 0 Å². The molecule has 236 valence electrons. The summed E-state index contributed by atoms with van der Waals surface area (Å²) in [5.74, 6) is 0. The van der Waals surface area contributed by atoms with Gasteiger partial charge in [0.1, 0.15) is 11.2 Å². The number of rotatable bonds is 4. The van der Waals surface area contributed by atoms with E-state index in [0.29, 0.717) is 0 Å². The van der Waals surface area contributed by atoms with E-state index in [4.69, 9.17) is 4.42 Å².